The summed E-state index contributed by atoms with van der Waals surface area (Å²) in [6.45, 7) is 1.60. The molecule has 0 bridgehead atoms. The van der Waals surface area contributed by atoms with E-state index in [0.29, 0.717) is 6.42 Å². The van der Waals surface area contributed by atoms with Gasteiger partial charge in [0.25, 0.3) is 0 Å². The van der Waals surface area contributed by atoms with Crippen molar-refractivity contribution in [3.05, 3.63) is 29.3 Å². The number of amides is 1. The molecule has 1 aromatic carbocycles. The average molecular weight is 290 g/mol. The highest BCUT2D eigenvalue weighted by molar-refractivity contribution is 5.75. The van der Waals surface area contributed by atoms with Crippen molar-refractivity contribution in [3.63, 3.8) is 0 Å². The summed E-state index contributed by atoms with van der Waals surface area (Å²) < 4.78 is 37.6. The molecule has 0 saturated carbocycles. The van der Waals surface area contributed by atoms with E-state index in [1.165, 1.54) is 0 Å². The van der Waals surface area contributed by atoms with Crippen LogP contribution >= 0.6 is 0 Å². The Balaban J connectivity index is 2.66. The minimum atomic E-state index is -4.48. The Labute approximate surface area is 114 Å². The Hall–Kier alpha value is -1.76. The molecule has 4 N–H and O–H groups in total. The van der Waals surface area contributed by atoms with E-state index in [1.807, 2.05) is 0 Å². The maximum Gasteiger partial charge on any atom is 0.416 e. The normalized spacial score (nSPS) is 13.1. The van der Waals surface area contributed by atoms with Crippen LogP contribution in [-0.4, -0.2) is 17.1 Å². The third-order valence-electron chi connectivity index (χ3n) is 2.71. The largest absolute Gasteiger partial charge is 0.508 e. The number of phenols is 1. The standard InChI is InChI=1S/C13H17F3N2O2/c1-8(17)2-5-12(20)18-7-9-6-10(13(14,15)16)3-4-11(9)19/h3-4,6,8,19H,2,5,7,17H2,1H3,(H,18,20)/t8-/m0/s1. The fraction of sp³-hybridized carbons (Fsp3) is 0.462. The summed E-state index contributed by atoms with van der Waals surface area (Å²) in [5, 5.41) is 11.9. The van der Waals surface area contributed by atoms with E-state index in [2.05, 4.69) is 5.32 Å². The molecule has 0 heterocycles. The van der Waals surface area contributed by atoms with Gasteiger partial charge < -0.3 is 16.2 Å². The van der Waals surface area contributed by atoms with Gasteiger partial charge in [-0.15, -0.1) is 0 Å². The molecule has 1 rings (SSSR count). The summed E-state index contributed by atoms with van der Waals surface area (Å²) in [4.78, 5) is 11.4. The minimum absolute atomic E-state index is 0.0222. The summed E-state index contributed by atoms with van der Waals surface area (Å²) in [6.07, 6.45) is -3.81. The van der Waals surface area contributed by atoms with Crippen LogP contribution < -0.4 is 11.1 Å². The maximum atomic E-state index is 12.5. The number of alkyl halides is 3. The second-order valence-electron chi connectivity index (χ2n) is 4.63. The number of halogens is 3. The lowest BCUT2D eigenvalue weighted by Crippen LogP contribution is -2.25. The highest BCUT2D eigenvalue weighted by atomic mass is 19.4. The zero-order valence-corrected chi connectivity index (χ0v) is 11.0. The van der Waals surface area contributed by atoms with Crippen LogP contribution in [0.25, 0.3) is 0 Å². The molecule has 0 unspecified atom stereocenters. The van der Waals surface area contributed by atoms with Crippen molar-refractivity contribution in [3.8, 4) is 5.75 Å². The van der Waals surface area contributed by atoms with Gasteiger partial charge in [-0.2, -0.15) is 13.2 Å². The summed E-state index contributed by atoms with van der Waals surface area (Å²) >= 11 is 0. The average Bonchev–Trinajstić information content (AvgIpc) is 2.33. The Morgan fingerprint density at radius 2 is 2.10 bits per heavy atom. The lowest BCUT2D eigenvalue weighted by molar-refractivity contribution is -0.137. The van der Waals surface area contributed by atoms with Crippen LogP contribution in [0.1, 0.15) is 30.9 Å². The fourth-order valence-electron chi connectivity index (χ4n) is 1.54. The van der Waals surface area contributed by atoms with Crippen LogP contribution in [-0.2, 0) is 17.5 Å². The van der Waals surface area contributed by atoms with Gasteiger partial charge in [0.05, 0.1) is 5.56 Å². The highest BCUT2D eigenvalue weighted by Gasteiger charge is 2.30. The molecule has 1 amide bonds. The van der Waals surface area contributed by atoms with Gasteiger partial charge in [-0.25, -0.2) is 0 Å². The Morgan fingerprint density at radius 1 is 1.45 bits per heavy atom. The Kier molecular flexibility index (Phi) is 5.38. The molecule has 0 aliphatic rings. The van der Waals surface area contributed by atoms with Crippen molar-refractivity contribution in [1.29, 1.82) is 0 Å². The fourth-order valence-corrected chi connectivity index (χ4v) is 1.54. The van der Waals surface area contributed by atoms with Gasteiger partial charge >= 0.3 is 6.18 Å². The van der Waals surface area contributed by atoms with Crippen molar-refractivity contribution in [2.24, 2.45) is 5.73 Å². The van der Waals surface area contributed by atoms with E-state index in [0.717, 1.165) is 18.2 Å². The maximum absolute atomic E-state index is 12.5. The van der Waals surface area contributed by atoms with E-state index in [9.17, 15) is 23.1 Å². The van der Waals surface area contributed by atoms with E-state index in [4.69, 9.17) is 5.73 Å². The lowest BCUT2D eigenvalue weighted by Gasteiger charge is -2.11. The first-order valence-corrected chi connectivity index (χ1v) is 6.11. The number of hydrogen-bond acceptors (Lipinski definition) is 3. The number of aromatic hydroxyl groups is 1. The summed E-state index contributed by atoms with van der Waals surface area (Å²) in [7, 11) is 0. The molecule has 0 aliphatic carbocycles. The molecular weight excluding hydrogens is 273 g/mol. The summed E-state index contributed by atoms with van der Waals surface area (Å²) in [6, 6.07) is 2.45. The van der Waals surface area contributed by atoms with Crippen LogP contribution in [0.3, 0.4) is 0 Å². The van der Waals surface area contributed by atoms with Crippen LogP contribution in [0.4, 0.5) is 13.2 Å². The van der Waals surface area contributed by atoms with Gasteiger partial charge in [0.2, 0.25) is 5.91 Å². The molecule has 0 radical (unpaired) electrons. The van der Waals surface area contributed by atoms with E-state index in [1.54, 1.807) is 6.92 Å². The number of carbonyl (C=O) groups is 1. The summed E-state index contributed by atoms with van der Waals surface area (Å²) in [5.41, 5.74) is 4.65. The van der Waals surface area contributed by atoms with Crippen molar-refractivity contribution in [2.75, 3.05) is 0 Å². The molecule has 0 aromatic heterocycles. The number of rotatable bonds is 5. The predicted molar refractivity (Wildman–Crippen MR) is 67.8 cm³/mol. The van der Waals surface area contributed by atoms with Gasteiger partial charge in [-0.1, -0.05) is 0 Å². The smallest absolute Gasteiger partial charge is 0.416 e. The number of carbonyl (C=O) groups excluding carboxylic acids is 1. The monoisotopic (exact) mass is 290 g/mol. The second kappa shape index (κ2) is 6.60. The molecule has 0 spiro atoms. The Morgan fingerprint density at radius 3 is 2.65 bits per heavy atom. The molecule has 20 heavy (non-hydrogen) atoms. The summed E-state index contributed by atoms with van der Waals surface area (Å²) in [5.74, 6) is -0.607. The van der Waals surface area contributed by atoms with Gasteiger partial charge in [0.15, 0.2) is 0 Å². The van der Waals surface area contributed by atoms with Crippen molar-refractivity contribution in [2.45, 2.75) is 38.5 Å². The molecule has 7 heteroatoms. The first-order chi connectivity index (χ1) is 9.20. The number of nitrogens with two attached hydrogens (primary N) is 1. The molecule has 0 fully saturated rings. The Bertz CT molecular complexity index is 473. The van der Waals surface area contributed by atoms with E-state index >= 15 is 0 Å². The zero-order valence-electron chi connectivity index (χ0n) is 11.0. The first kappa shape index (κ1) is 16.3. The second-order valence-corrected chi connectivity index (χ2v) is 4.63. The van der Waals surface area contributed by atoms with Gasteiger partial charge in [-0.05, 0) is 31.5 Å². The minimum Gasteiger partial charge on any atom is -0.508 e. The van der Waals surface area contributed by atoms with Crippen molar-refractivity contribution in [1.82, 2.24) is 5.32 Å². The van der Waals surface area contributed by atoms with Crippen LogP contribution in [0.15, 0.2) is 18.2 Å². The molecule has 1 atom stereocenters. The molecular formula is C13H17F3N2O2. The van der Waals surface area contributed by atoms with Crippen molar-refractivity contribution >= 4 is 5.91 Å². The van der Waals surface area contributed by atoms with E-state index < -0.39 is 11.7 Å². The van der Waals surface area contributed by atoms with Crippen molar-refractivity contribution < 1.29 is 23.1 Å². The van der Waals surface area contributed by atoms with Gasteiger partial charge in [0.1, 0.15) is 5.75 Å². The topological polar surface area (TPSA) is 75.4 Å². The van der Waals surface area contributed by atoms with E-state index in [-0.39, 0.29) is 36.2 Å². The van der Waals surface area contributed by atoms with Crippen LogP contribution in [0.5, 0.6) is 5.75 Å². The lowest BCUT2D eigenvalue weighted by atomic mass is 10.1. The SMILES string of the molecule is C[C@H](N)CCC(=O)NCc1cc(C(F)(F)F)ccc1O. The molecule has 0 aliphatic heterocycles. The highest BCUT2D eigenvalue weighted by Crippen LogP contribution is 2.32. The molecule has 1 aromatic rings. The zero-order chi connectivity index (χ0) is 15.3. The number of nitrogens with one attached hydrogen (secondary N) is 1. The van der Waals surface area contributed by atoms with Gasteiger partial charge in [-0.3, -0.25) is 4.79 Å². The predicted octanol–water partition coefficient (Wildman–Crippen LogP) is 2.15. The number of hydrogen-bond donors (Lipinski definition) is 3. The van der Waals surface area contributed by atoms with Crippen LogP contribution in [0, 0.1) is 0 Å². The first-order valence-electron chi connectivity index (χ1n) is 6.11. The quantitative estimate of drug-likeness (QED) is 0.778. The number of phenolic OH excluding ortho intramolecular Hbond substituents is 1. The third kappa shape index (κ3) is 5.08. The molecule has 4 nitrogen and oxygen atoms in total. The molecule has 112 valence electrons. The van der Waals surface area contributed by atoms with Gasteiger partial charge in [0, 0.05) is 24.6 Å². The number of benzene rings is 1. The van der Waals surface area contributed by atoms with Crippen LogP contribution in [0.2, 0.25) is 0 Å². The molecule has 0 saturated heterocycles. The third-order valence-corrected chi connectivity index (χ3v) is 2.71.